The summed E-state index contributed by atoms with van der Waals surface area (Å²) in [7, 11) is -4.03. The molecule has 0 radical (unpaired) electrons. The number of amides is 1. The molecule has 15 heteroatoms. The third kappa shape index (κ3) is 12.8. The summed E-state index contributed by atoms with van der Waals surface area (Å²) >= 11 is 0. The van der Waals surface area contributed by atoms with Crippen molar-refractivity contribution in [3.8, 4) is 0 Å². The summed E-state index contributed by atoms with van der Waals surface area (Å²) in [6, 6.07) is 7.57. The fourth-order valence-electron chi connectivity index (χ4n) is 5.47. The number of halogens is 5. The van der Waals surface area contributed by atoms with E-state index in [1.54, 1.807) is 38.1 Å². The normalized spacial score (nSPS) is 14.0. The quantitative estimate of drug-likeness (QED) is 0.147. The van der Waals surface area contributed by atoms with Crippen LogP contribution in [-0.4, -0.2) is 72.1 Å². The zero-order valence-electron chi connectivity index (χ0n) is 27.1. The highest BCUT2D eigenvalue weighted by Crippen LogP contribution is 2.25. The van der Waals surface area contributed by atoms with Gasteiger partial charge in [-0.1, -0.05) is 57.9 Å². The average molecular weight is 707 g/mol. The number of rotatable bonds is 19. The van der Waals surface area contributed by atoms with Gasteiger partial charge in [-0.05, 0) is 54.5 Å². The Morgan fingerprint density at radius 3 is 2.04 bits per heavy atom. The number of nitrogens with zero attached hydrogens (tertiary/aromatic N) is 1. The summed E-state index contributed by atoms with van der Waals surface area (Å²) in [5.41, 5.74) is 7.40. The summed E-state index contributed by atoms with van der Waals surface area (Å²) in [5.74, 6) is -9.61. The first-order valence-corrected chi connectivity index (χ1v) is 17.4. The number of alkyl halides is 3. The molecule has 0 bridgehead atoms. The third-order valence-corrected chi connectivity index (χ3v) is 10.1. The van der Waals surface area contributed by atoms with Crippen molar-refractivity contribution in [2.75, 3.05) is 12.3 Å². The van der Waals surface area contributed by atoms with Crippen molar-refractivity contribution < 1.29 is 54.6 Å². The lowest BCUT2D eigenvalue weighted by Crippen LogP contribution is -2.51. The predicted molar refractivity (Wildman–Crippen MR) is 168 cm³/mol. The average Bonchev–Trinajstić information content (AvgIpc) is 2.98. The van der Waals surface area contributed by atoms with Crippen LogP contribution in [0.3, 0.4) is 0 Å². The van der Waals surface area contributed by atoms with Gasteiger partial charge in [0, 0.05) is 18.7 Å². The summed E-state index contributed by atoms with van der Waals surface area (Å²) in [5, 5.41) is 8.82. The molecule has 9 nitrogen and oxygen atoms in total. The number of benzene rings is 2. The van der Waals surface area contributed by atoms with E-state index in [4.69, 9.17) is 10.5 Å². The first kappa shape index (κ1) is 40.6. The molecule has 0 saturated carbocycles. The number of ether oxygens (including phenoxy) is 1. The Morgan fingerprint density at radius 1 is 0.938 bits per heavy atom. The van der Waals surface area contributed by atoms with Crippen molar-refractivity contribution in [3.63, 3.8) is 0 Å². The third-order valence-electron chi connectivity index (χ3n) is 7.78. The Bertz CT molecular complexity index is 1480. The van der Waals surface area contributed by atoms with Crippen molar-refractivity contribution in [2.24, 2.45) is 11.7 Å². The van der Waals surface area contributed by atoms with Gasteiger partial charge >= 0.3 is 18.1 Å². The van der Waals surface area contributed by atoms with Gasteiger partial charge in [0.05, 0.1) is 29.9 Å². The fourth-order valence-corrected chi connectivity index (χ4v) is 7.75. The van der Waals surface area contributed by atoms with Crippen molar-refractivity contribution in [2.45, 2.75) is 95.8 Å². The summed E-state index contributed by atoms with van der Waals surface area (Å²) < 4.78 is 99.5. The molecule has 1 unspecified atom stereocenters. The highest BCUT2D eigenvalue weighted by Gasteiger charge is 2.44. The standard InChI is InChI=1S/C33H43F5N2O7S/c1-4-8-27(9-5-2)48(45,46)20-24(16-30(41)42)31(43)40(18-22-11-7-10-21(6-3)12-22)19-29(47-32(44)33(36,37)38)28(39)15-23-13-25(34)17-26(35)14-23/h7,10-14,17,24,27-29H,4-6,8-9,15-16,18-20,39H2,1-3H3,(H,41,42)/t24?,28-,29+/m0/s1. The van der Waals surface area contributed by atoms with Gasteiger partial charge in [-0.15, -0.1) is 0 Å². The minimum atomic E-state index is -5.47. The summed E-state index contributed by atoms with van der Waals surface area (Å²) in [6.45, 7) is 4.28. The van der Waals surface area contributed by atoms with E-state index >= 15 is 0 Å². The second-order valence-electron chi connectivity index (χ2n) is 11.8. The van der Waals surface area contributed by atoms with Crippen LogP contribution in [0.15, 0.2) is 42.5 Å². The molecule has 3 N–H and O–H groups in total. The van der Waals surface area contributed by atoms with E-state index in [2.05, 4.69) is 0 Å². The van der Waals surface area contributed by atoms with Gasteiger partial charge < -0.3 is 20.5 Å². The highest BCUT2D eigenvalue weighted by molar-refractivity contribution is 7.92. The molecule has 48 heavy (non-hydrogen) atoms. The topological polar surface area (TPSA) is 144 Å². The van der Waals surface area contributed by atoms with E-state index in [1.807, 2.05) is 6.92 Å². The summed E-state index contributed by atoms with van der Waals surface area (Å²) in [6.07, 6.45) is -6.61. The monoisotopic (exact) mass is 706 g/mol. The number of carboxylic acid groups (broad SMARTS) is 1. The zero-order chi connectivity index (χ0) is 36.2. The van der Waals surface area contributed by atoms with Crippen molar-refractivity contribution in [1.29, 1.82) is 0 Å². The van der Waals surface area contributed by atoms with Crippen molar-refractivity contribution in [1.82, 2.24) is 4.90 Å². The molecule has 0 saturated heterocycles. The van der Waals surface area contributed by atoms with Gasteiger partial charge in [-0.25, -0.2) is 22.0 Å². The number of esters is 1. The number of carbonyl (C=O) groups is 3. The van der Waals surface area contributed by atoms with Crippen LogP contribution in [0.2, 0.25) is 0 Å². The number of sulfone groups is 1. The molecule has 2 rings (SSSR count). The molecule has 0 aliphatic heterocycles. The maximum atomic E-state index is 14.1. The SMILES string of the molecule is CCCC(CCC)S(=O)(=O)CC(CC(=O)O)C(=O)N(Cc1cccc(CC)c1)C[C@@H](OC(=O)C(F)(F)F)[C@@H](N)Cc1cc(F)cc(F)c1. The molecule has 268 valence electrons. The molecule has 0 spiro atoms. The molecule has 0 aliphatic carbocycles. The number of carbonyl (C=O) groups excluding carboxylic acids is 2. The molecule has 1 amide bonds. The second-order valence-corrected chi connectivity index (χ2v) is 14.1. The number of aryl methyl sites for hydroxylation is 1. The Hall–Kier alpha value is -3.59. The molecule has 0 fully saturated rings. The predicted octanol–water partition coefficient (Wildman–Crippen LogP) is 5.37. The van der Waals surface area contributed by atoms with Gasteiger partial charge in [0.15, 0.2) is 9.84 Å². The zero-order valence-corrected chi connectivity index (χ0v) is 28.0. The van der Waals surface area contributed by atoms with Gasteiger partial charge in [0.1, 0.15) is 17.7 Å². The maximum absolute atomic E-state index is 14.1. The number of carboxylic acids is 1. The largest absolute Gasteiger partial charge is 0.490 e. The van der Waals surface area contributed by atoms with E-state index in [0.717, 1.165) is 22.6 Å². The van der Waals surface area contributed by atoms with E-state index in [-0.39, 0.29) is 24.9 Å². The number of aliphatic carboxylic acids is 1. The minimum absolute atomic E-state index is 0.0747. The molecule has 2 aromatic carbocycles. The van der Waals surface area contributed by atoms with Crippen LogP contribution in [0.5, 0.6) is 0 Å². The van der Waals surface area contributed by atoms with Crippen LogP contribution in [0.25, 0.3) is 0 Å². The lowest BCUT2D eigenvalue weighted by atomic mass is 9.99. The van der Waals surface area contributed by atoms with Crippen LogP contribution >= 0.6 is 0 Å². The van der Waals surface area contributed by atoms with E-state index in [9.17, 15) is 49.9 Å². The molecule has 0 heterocycles. The Morgan fingerprint density at radius 2 is 1.52 bits per heavy atom. The molecule has 0 aromatic heterocycles. The number of nitrogens with two attached hydrogens (primary N) is 1. The first-order valence-electron chi connectivity index (χ1n) is 15.7. The van der Waals surface area contributed by atoms with Crippen LogP contribution in [0.1, 0.15) is 69.6 Å². The van der Waals surface area contributed by atoms with E-state index in [0.29, 0.717) is 30.9 Å². The van der Waals surface area contributed by atoms with Crippen LogP contribution in [0.4, 0.5) is 22.0 Å². The number of hydrogen-bond donors (Lipinski definition) is 2. The highest BCUT2D eigenvalue weighted by atomic mass is 32.2. The van der Waals surface area contributed by atoms with Crippen molar-refractivity contribution in [3.05, 3.63) is 70.8 Å². The number of hydrogen-bond acceptors (Lipinski definition) is 7. The van der Waals surface area contributed by atoms with Crippen LogP contribution in [0, 0.1) is 17.6 Å². The van der Waals surface area contributed by atoms with E-state index < -0.39 is 93.9 Å². The molecule has 0 aliphatic rings. The van der Waals surface area contributed by atoms with Gasteiger partial charge in [0.2, 0.25) is 5.91 Å². The Kier molecular flexibility index (Phi) is 15.4. The molecule has 3 atom stereocenters. The fraction of sp³-hybridized carbons (Fsp3) is 0.545. The molecular formula is C33H43F5N2O7S. The van der Waals surface area contributed by atoms with E-state index in [1.165, 1.54) is 0 Å². The van der Waals surface area contributed by atoms with Gasteiger partial charge in [-0.3, -0.25) is 9.59 Å². The summed E-state index contributed by atoms with van der Waals surface area (Å²) in [4.78, 5) is 39.0. The Balaban J connectivity index is 2.61. The van der Waals surface area contributed by atoms with Crippen molar-refractivity contribution >= 4 is 27.7 Å². The second kappa shape index (κ2) is 18.2. The Labute approximate surface area is 277 Å². The molecule has 2 aromatic rings. The minimum Gasteiger partial charge on any atom is -0.481 e. The van der Waals surface area contributed by atoms with Crippen LogP contribution in [-0.2, 0) is 48.3 Å². The smallest absolute Gasteiger partial charge is 0.481 e. The lowest BCUT2D eigenvalue weighted by Gasteiger charge is -2.33. The van der Waals surface area contributed by atoms with Gasteiger partial charge in [-0.2, -0.15) is 13.2 Å². The maximum Gasteiger partial charge on any atom is 0.490 e. The van der Waals surface area contributed by atoms with Gasteiger partial charge in [0.25, 0.3) is 0 Å². The first-order chi connectivity index (χ1) is 22.4. The lowest BCUT2D eigenvalue weighted by molar-refractivity contribution is -0.206. The van der Waals surface area contributed by atoms with Crippen LogP contribution < -0.4 is 5.73 Å². The molecular weight excluding hydrogens is 663 g/mol.